The number of hydrogen-bond acceptors (Lipinski definition) is 6. The monoisotopic (exact) mass is 357 g/mol. The van der Waals surface area contributed by atoms with Crippen LogP contribution in [0.15, 0.2) is 24.3 Å². The van der Waals surface area contributed by atoms with Crippen molar-refractivity contribution in [1.29, 1.82) is 0 Å². The Labute approximate surface area is 149 Å². The van der Waals surface area contributed by atoms with Crippen LogP contribution in [0.1, 0.15) is 29.5 Å². The van der Waals surface area contributed by atoms with Crippen molar-refractivity contribution in [2.45, 2.75) is 26.8 Å². The summed E-state index contributed by atoms with van der Waals surface area (Å²) in [4.78, 5) is 40.1. The van der Waals surface area contributed by atoms with E-state index in [0.29, 0.717) is 36.2 Å². The lowest BCUT2D eigenvalue weighted by atomic mass is 10.0. The van der Waals surface area contributed by atoms with Crippen molar-refractivity contribution in [3.63, 3.8) is 0 Å². The molecule has 2 aromatic rings. The molecule has 3 rings (SSSR count). The number of amides is 2. The van der Waals surface area contributed by atoms with E-state index in [1.807, 2.05) is 0 Å². The molecule has 2 N–H and O–H groups in total. The highest BCUT2D eigenvalue weighted by molar-refractivity contribution is 5.98. The van der Waals surface area contributed by atoms with Gasteiger partial charge in [0.1, 0.15) is 5.82 Å². The van der Waals surface area contributed by atoms with E-state index in [9.17, 15) is 14.4 Å². The number of esters is 1. The fourth-order valence-electron chi connectivity index (χ4n) is 2.68. The molecule has 0 fully saturated rings. The van der Waals surface area contributed by atoms with Gasteiger partial charge in [-0.1, -0.05) is 0 Å². The quantitative estimate of drug-likeness (QED) is 0.781. The molecule has 9 heteroatoms. The second kappa shape index (κ2) is 7.34. The Morgan fingerprint density at radius 3 is 2.77 bits per heavy atom. The molecular weight excluding hydrogens is 338 g/mol. The number of fused-ring (bicyclic) bond motifs is 1. The maximum absolute atomic E-state index is 12.2. The summed E-state index contributed by atoms with van der Waals surface area (Å²) in [6.45, 7) is 4.07. The SMILES string of the molecule is CCOC(=O)c1ccc(NC(=O)CC2Cn3nc(C)nc3NC2=O)cc1. The van der Waals surface area contributed by atoms with Crippen LogP contribution < -0.4 is 10.6 Å². The van der Waals surface area contributed by atoms with Gasteiger partial charge in [0.25, 0.3) is 0 Å². The average molecular weight is 357 g/mol. The number of rotatable bonds is 5. The number of nitrogens with one attached hydrogen (secondary N) is 2. The topological polar surface area (TPSA) is 115 Å². The maximum Gasteiger partial charge on any atom is 0.338 e. The Balaban J connectivity index is 1.59. The van der Waals surface area contributed by atoms with Crippen LogP contribution in [0.5, 0.6) is 0 Å². The summed E-state index contributed by atoms with van der Waals surface area (Å²) in [5.41, 5.74) is 0.946. The molecule has 2 heterocycles. The predicted octanol–water partition coefficient (Wildman–Crippen LogP) is 1.36. The van der Waals surface area contributed by atoms with Crippen LogP contribution in [0.2, 0.25) is 0 Å². The molecular formula is C17H19N5O4. The highest BCUT2D eigenvalue weighted by atomic mass is 16.5. The van der Waals surface area contributed by atoms with E-state index in [1.165, 1.54) is 0 Å². The molecule has 9 nitrogen and oxygen atoms in total. The van der Waals surface area contributed by atoms with E-state index >= 15 is 0 Å². The Bertz CT molecular complexity index is 843. The fraction of sp³-hybridized carbons (Fsp3) is 0.353. The van der Waals surface area contributed by atoms with Gasteiger partial charge in [0, 0.05) is 12.1 Å². The van der Waals surface area contributed by atoms with Crippen molar-refractivity contribution in [3.8, 4) is 0 Å². The van der Waals surface area contributed by atoms with Crippen LogP contribution in [0.4, 0.5) is 11.6 Å². The molecule has 1 aliphatic heterocycles. The molecule has 1 unspecified atom stereocenters. The number of carbonyl (C=O) groups is 3. The Kier molecular flexibility index (Phi) is 4.97. The van der Waals surface area contributed by atoms with E-state index in [-0.39, 0.29) is 18.2 Å². The Hall–Kier alpha value is -3.23. The van der Waals surface area contributed by atoms with Crippen molar-refractivity contribution in [2.75, 3.05) is 17.2 Å². The summed E-state index contributed by atoms with van der Waals surface area (Å²) in [5, 5.41) is 9.56. The second-order valence-corrected chi connectivity index (χ2v) is 5.90. The number of nitrogens with zero attached hydrogens (tertiary/aromatic N) is 3. The van der Waals surface area contributed by atoms with Gasteiger partial charge in [0.05, 0.1) is 24.6 Å². The van der Waals surface area contributed by atoms with Crippen LogP contribution in [-0.4, -0.2) is 39.2 Å². The molecule has 26 heavy (non-hydrogen) atoms. The van der Waals surface area contributed by atoms with Crippen molar-refractivity contribution in [2.24, 2.45) is 5.92 Å². The number of hydrogen-bond donors (Lipinski definition) is 2. The lowest BCUT2D eigenvalue weighted by Gasteiger charge is -2.21. The molecule has 0 radical (unpaired) electrons. The van der Waals surface area contributed by atoms with Gasteiger partial charge in [-0.05, 0) is 38.1 Å². The van der Waals surface area contributed by atoms with Crippen LogP contribution in [0.3, 0.4) is 0 Å². The van der Waals surface area contributed by atoms with Crippen LogP contribution in [-0.2, 0) is 20.9 Å². The predicted molar refractivity (Wildman–Crippen MR) is 92.5 cm³/mol. The zero-order valence-electron chi connectivity index (χ0n) is 14.5. The Morgan fingerprint density at radius 1 is 1.35 bits per heavy atom. The van der Waals surface area contributed by atoms with Crippen LogP contribution in [0.25, 0.3) is 0 Å². The van der Waals surface area contributed by atoms with Crippen molar-refractivity contribution < 1.29 is 19.1 Å². The minimum absolute atomic E-state index is 0.0177. The summed E-state index contributed by atoms with van der Waals surface area (Å²) in [5.74, 6) is -0.525. The summed E-state index contributed by atoms with van der Waals surface area (Å²) in [7, 11) is 0. The molecule has 0 spiro atoms. The highest BCUT2D eigenvalue weighted by Crippen LogP contribution is 2.20. The number of carbonyl (C=O) groups excluding carboxylic acids is 3. The summed E-state index contributed by atoms with van der Waals surface area (Å²) in [6, 6.07) is 6.38. The smallest absolute Gasteiger partial charge is 0.338 e. The van der Waals surface area contributed by atoms with Gasteiger partial charge >= 0.3 is 5.97 Å². The first kappa shape index (κ1) is 17.6. The lowest BCUT2D eigenvalue weighted by molar-refractivity contribution is -0.125. The molecule has 1 aliphatic rings. The highest BCUT2D eigenvalue weighted by Gasteiger charge is 2.29. The number of aryl methyl sites for hydroxylation is 1. The molecule has 136 valence electrons. The fourth-order valence-corrected chi connectivity index (χ4v) is 2.68. The first-order valence-corrected chi connectivity index (χ1v) is 8.25. The van der Waals surface area contributed by atoms with E-state index in [2.05, 4.69) is 20.7 Å². The molecule has 0 saturated carbocycles. The molecule has 1 aromatic heterocycles. The number of anilines is 2. The average Bonchev–Trinajstić information content (AvgIpc) is 2.95. The Morgan fingerprint density at radius 2 is 2.08 bits per heavy atom. The van der Waals surface area contributed by atoms with Crippen molar-refractivity contribution in [3.05, 3.63) is 35.7 Å². The minimum atomic E-state index is -0.526. The van der Waals surface area contributed by atoms with Crippen LogP contribution in [0, 0.1) is 12.8 Å². The van der Waals surface area contributed by atoms with Gasteiger partial charge in [0.15, 0.2) is 0 Å². The summed E-state index contributed by atoms with van der Waals surface area (Å²) >= 11 is 0. The zero-order valence-corrected chi connectivity index (χ0v) is 14.5. The molecule has 1 aromatic carbocycles. The molecule has 0 saturated heterocycles. The van der Waals surface area contributed by atoms with Gasteiger partial charge < -0.3 is 10.1 Å². The van der Waals surface area contributed by atoms with Gasteiger partial charge in [-0.2, -0.15) is 10.1 Å². The van der Waals surface area contributed by atoms with E-state index < -0.39 is 11.9 Å². The lowest BCUT2D eigenvalue weighted by Crippen LogP contribution is -2.36. The standard InChI is InChI=1S/C17H19N5O4/c1-3-26-16(25)11-4-6-13(7-5-11)19-14(23)8-12-9-22-17(20-15(12)24)18-10(2)21-22/h4-7,12H,3,8-9H2,1-2H3,(H,19,23)(H,18,20,21,24). The second-order valence-electron chi connectivity index (χ2n) is 5.90. The van der Waals surface area contributed by atoms with Crippen molar-refractivity contribution >= 4 is 29.4 Å². The number of benzene rings is 1. The number of aromatic nitrogens is 3. The minimum Gasteiger partial charge on any atom is -0.462 e. The molecule has 0 aliphatic carbocycles. The molecule has 1 atom stereocenters. The van der Waals surface area contributed by atoms with E-state index in [4.69, 9.17) is 4.74 Å². The number of ether oxygens (including phenoxy) is 1. The van der Waals surface area contributed by atoms with Gasteiger partial charge in [-0.25, -0.2) is 9.48 Å². The molecule has 2 amide bonds. The summed E-state index contributed by atoms with van der Waals surface area (Å²) < 4.78 is 6.49. The first-order chi connectivity index (χ1) is 12.5. The van der Waals surface area contributed by atoms with Crippen molar-refractivity contribution in [1.82, 2.24) is 14.8 Å². The third kappa shape index (κ3) is 3.88. The largest absolute Gasteiger partial charge is 0.462 e. The van der Waals surface area contributed by atoms with Gasteiger partial charge in [-0.3, -0.25) is 14.9 Å². The normalized spacial score (nSPS) is 15.8. The van der Waals surface area contributed by atoms with E-state index in [0.717, 1.165) is 0 Å². The van der Waals surface area contributed by atoms with E-state index in [1.54, 1.807) is 42.8 Å². The third-order valence-corrected chi connectivity index (χ3v) is 3.89. The van der Waals surface area contributed by atoms with Crippen LogP contribution >= 0.6 is 0 Å². The maximum atomic E-state index is 12.2. The molecule has 0 bridgehead atoms. The van der Waals surface area contributed by atoms with Gasteiger partial charge in [-0.15, -0.1) is 0 Å². The summed E-state index contributed by atoms with van der Waals surface area (Å²) in [6.07, 6.45) is 0.0177. The van der Waals surface area contributed by atoms with Gasteiger partial charge in [0.2, 0.25) is 17.8 Å². The zero-order chi connectivity index (χ0) is 18.7. The third-order valence-electron chi connectivity index (χ3n) is 3.89. The first-order valence-electron chi connectivity index (χ1n) is 8.25.